The zero-order valence-corrected chi connectivity index (χ0v) is 15.6. The predicted octanol–water partition coefficient (Wildman–Crippen LogP) is 4.85. The summed E-state index contributed by atoms with van der Waals surface area (Å²) in [7, 11) is 1.56. The fourth-order valence-electron chi connectivity index (χ4n) is 2.48. The van der Waals surface area contributed by atoms with E-state index < -0.39 is 0 Å². The minimum Gasteiger partial charge on any atom is -0.493 e. The fraction of sp³-hybridized carbons (Fsp3) is 0.350. The Morgan fingerprint density at radius 1 is 1.16 bits per heavy atom. The van der Waals surface area contributed by atoms with Crippen LogP contribution in [0.5, 0.6) is 11.5 Å². The van der Waals surface area contributed by atoms with E-state index in [2.05, 4.69) is 12.2 Å². The van der Waals surface area contributed by atoms with Gasteiger partial charge in [0, 0.05) is 16.6 Å². The van der Waals surface area contributed by atoms with Crippen molar-refractivity contribution >= 4 is 17.5 Å². The quantitative estimate of drug-likeness (QED) is 0.731. The summed E-state index contributed by atoms with van der Waals surface area (Å²) in [6.45, 7) is 4.49. The van der Waals surface area contributed by atoms with Gasteiger partial charge in [-0.3, -0.25) is 4.79 Å². The van der Waals surface area contributed by atoms with Crippen molar-refractivity contribution in [2.75, 3.05) is 7.11 Å². The van der Waals surface area contributed by atoms with Gasteiger partial charge in [-0.1, -0.05) is 37.1 Å². The molecule has 0 saturated carbocycles. The number of nitrogens with one attached hydrogen (secondary N) is 1. The largest absolute Gasteiger partial charge is 0.493 e. The van der Waals surface area contributed by atoms with Crippen molar-refractivity contribution in [2.24, 2.45) is 0 Å². The van der Waals surface area contributed by atoms with Crippen molar-refractivity contribution in [3.8, 4) is 11.5 Å². The van der Waals surface area contributed by atoms with Crippen LogP contribution in [0.4, 0.5) is 0 Å². The summed E-state index contributed by atoms with van der Waals surface area (Å²) >= 11 is 5.88. The molecule has 1 atom stereocenters. The van der Waals surface area contributed by atoms with Crippen molar-refractivity contribution in [1.29, 1.82) is 0 Å². The zero-order chi connectivity index (χ0) is 18.2. The lowest BCUT2D eigenvalue weighted by atomic mass is 10.1. The van der Waals surface area contributed by atoms with E-state index in [1.165, 1.54) is 0 Å². The van der Waals surface area contributed by atoms with Crippen LogP contribution in [0, 0.1) is 0 Å². The molecule has 0 aliphatic carbocycles. The molecule has 1 N–H and O–H groups in total. The first-order chi connectivity index (χ1) is 12.0. The highest BCUT2D eigenvalue weighted by Crippen LogP contribution is 2.29. The first kappa shape index (κ1) is 19.1. The smallest absolute Gasteiger partial charge is 0.251 e. The number of carbonyl (C=O) groups excluding carboxylic acids is 1. The van der Waals surface area contributed by atoms with Crippen molar-refractivity contribution in [2.45, 2.75) is 39.3 Å². The topological polar surface area (TPSA) is 47.6 Å². The second-order valence-corrected chi connectivity index (χ2v) is 6.38. The second kappa shape index (κ2) is 9.33. The van der Waals surface area contributed by atoms with Crippen molar-refractivity contribution < 1.29 is 14.3 Å². The van der Waals surface area contributed by atoms with Crippen molar-refractivity contribution in [3.63, 3.8) is 0 Å². The second-order valence-electron chi connectivity index (χ2n) is 5.94. The molecule has 134 valence electrons. The van der Waals surface area contributed by atoms with E-state index in [4.69, 9.17) is 21.1 Å². The van der Waals surface area contributed by atoms with Gasteiger partial charge in [0.2, 0.25) is 0 Å². The normalized spacial score (nSPS) is 11.7. The van der Waals surface area contributed by atoms with Crippen LogP contribution in [0.15, 0.2) is 42.5 Å². The van der Waals surface area contributed by atoms with Gasteiger partial charge in [-0.15, -0.1) is 0 Å². The molecule has 0 saturated heterocycles. The third kappa shape index (κ3) is 5.68. The molecule has 25 heavy (non-hydrogen) atoms. The molecule has 0 bridgehead atoms. The Kier molecular flexibility index (Phi) is 7.14. The molecular formula is C20H24ClNO3. The van der Waals surface area contributed by atoms with Crippen molar-refractivity contribution in [3.05, 3.63) is 58.6 Å². The molecule has 0 radical (unpaired) electrons. The fourth-order valence-corrected chi connectivity index (χ4v) is 2.61. The SMILES string of the molecule is CCC[C@H](C)NC(=O)c1ccc(OCc2ccc(Cl)cc2)c(OC)c1. The Balaban J connectivity index is 2.05. The zero-order valence-electron chi connectivity index (χ0n) is 14.8. The molecule has 2 aromatic carbocycles. The Hall–Kier alpha value is -2.20. The number of benzene rings is 2. The minimum absolute atomic E-state index is 0.108. The van der Waals surface area contributed by atoms with Crippen LogP contribution < -0.4 is 14.8 Å². The summed E-state index contributed by atoms with van der Waals surface area (Å²) in [5.41, 5.74) is 1.56. The maximum absolute atomic E-state index is 12.3. The number of amides is 1. The highest BCUT2D eigenvalue weighted by atomic mass is 35.5. The molecule has 4 nitrogen and oxygen atoms in total. The summed E-state index contributed by atoms with van der Waals surface area (Å²) < 4.78 is 11.2. The van der Waals surface area contributed by atoms with E-state index in [9.17, 15) is 4.79 Å². The molecule has 0 aliphatic heterocycles. The Morgan fingerprint density at radius 2 is 1.88 bits per heavy atom. The van der Waals surface area contributed by atoms with Gasteiger partial charge in [-0.25, -0.2) is 0 Å². The maximum Gasteiger partial charge on any atom is 0.251 e. The lowest BCUT2D eigenvalue weighted by Gasteiger charge is -2.15. The van der Waals surface area contributed by atoms with Gasteiger partial charge in [0.05, 0.1) is 7.11 Å². The van der Waals surface area contributed by atoms with E-state index in [1.807, 2.05) is 31.2 Å². The third-order valence-corrected chi connectivity index (χ3v) is 4.08. The van der Waals surface area contributed by atoms with Gasteiger partial charge in [-0.2, -0.15) is 0 Å². The first-order valence-electron chi connectivity index (χ1n) is 8.39. The van der Waals surface area contributed by atoms with Gasteiger partial charge >= 0.3 is 0 Å². The summed E-state index contributed by atoms with van der Waals surface area (Å²) in [6.07, 6.45) is 1.98. The number of carbonyl (C=O) groups is 1. The van der Waals surface area contributed by atoms with Crippen LogP contribution in [0.1, 0.15) is 42.6 Å². The molecule has 0 spiro atoms. The summed E-state index contributed by atoms with van der Waals surface area (Å²) in [4.78, 5) is 12.3. The summed E-state index contributed by atoms with van der Waals surface area (Å²) in [6, 6.07) is 12.8. The van der Waals surface area contributed by atoms with Gasteiger partial charge in [0.25, 0.3) is 5.91 Å². The molecule has 0 aliphatic rings. The minimum atomic E-state index is -0.108. The van der Waals surface area contributed by atoms with Gasteiger partial charge in [-0.05, 0) is 49.2 Å². The Bertz CT molecular complexity index is 701. The predicted molar refractivity (Wildman–Crippen MR) is 101 cm³/mol. The number of rotatable bonds is 8. The van der Waals surface area contributed by atoms with E-state index in [0.29, 0.717) is 28.7 Å². The van der Waals surface area contributed by atoms with E-state index in [1.54, 1.807) is 25.3 Å². The number of hydrogen-bond acceptors (Lipinski definition) is 3. The maximum atomic E-state index is 12.3. The van der Waals surface area contributed by atoms with Crippen LogP contribution in [0.2, 0.25) is 5.02 Å². The van der Waals surface area contributed by atoms with E-state index in [-0.39, 0.29) is 11.9 Å². The molecule has 0 aromatic heterocycles. The Morgan fingerprint density at radius 3 is 2.52 bits per heavy atom. The molecular weight excluding hydrogens is 338 g/mol. The summed E-state index contributed by atoms with van der Waals surface area (Å²) in [5, 5.41) is 3.67. The van der Waals surface area contributed by atoms with Gasteiger partial charge in [0.1, 0.15) is 6.61 Å². The first-order valence-corrected chi connectivity index (χ1v) is 8.77. The van der Waals surface area contributed by atoms with Crippen LogP contribution in [0.3, 0.4) is 0 Å². The monoisotopic (exact) mass is 361 g/mol. The third-order valence-electron chi connectivity index (χ3n) is 3.83. The lowest BCUT2D eigenvalue weighted by molar-refractivity contribution is 0.0938. The van der Waals surface area contributed by atoms with Crippen LogP contribution in [-0.4, -0.2) is 19.1 Å². The molecule has 2 rings (SSSR count). The van der Waals surface area contributed by atoms with Crippen LogP contribution in [0.25, 0.3) is 0 Å². The number of halogens is 1. The molecule has 5 heteroatoms. The highest BCUT2D eigenvalue weighted by Gasteiger charge is 2.13. The number of hydrogen-bond donors (Lipinski definition) is 1. The van der Waals surface area contributed by atoms with E-state index in [0.717, 1.165) is 18.4 Å². The number of ether oxygens (including phenoxy) is 2. The summed E-state index contributed by atoms with van der Waals surface area (Å²) in [5.74, 6) is 1.02. The van der Waals surface area contributed by atoms with Gasteiger partial charge in [0.15, 0.2) is 11.5 Å². The van der Waals surface area contributed by atoms with Crippen molar-refractivity contribution in [1.82, 2.24) is 5.32 Å². The van der Waals surface area contributed by atoms with Crippen LogP contribution in [-0.2, 0) is 6.61 Å². The van der Waals surface area contributed by atoms with Crippen LogP contribution >= 0.6 is 11.6 Å². The highest BCUT2D eigenvalue weighted by molar-refractivity contribution is 6.30. The average molecular weight is 362 g/mol. The van der Waals surface area contributed by atoms with Gasteiger partial charge < -0.3 is 14.8 Å². The molecule has 0 fully saturated rings. The molecule has 2 aromatic rings. The molecule has 1 amide bonds. The standard InChI is InChI=1S/C20H24ClNO3/c1-4-5-14(2)22-20(23)16-8-11-18(19(12-16)24-3)25-13-15-6-9-17(21)10-7-15/h6-12,14H,4-5,13H2,1-3H3,(H,22,23)/t14-/m0/s1. The Labute approximate surface area is 154 Å². The molecule has 0 heterocycles. The number of methoxy groups -OCH3 is 1. The lowest BCUT2D eigenvalue weighted by Crippen LogP contribution is -2.32. The molecule has 0 unspecified atom stereocenters. The average Bonchev–Trinajstić information content (AvgIpc) is 2.61. The van der Waals surface area contributed by atoms with E-state index >= 15 is 0 Å².